The van der Waals surface area contributed by atoms with Crippen molar-refractivity contribution in [2.75, 3.05) is 0 Å². The summed E-state index contributed by atoms with van der Waals surface area (Å²) < 4.78 is 1.75. The van der Waals surface area contributed by atoms with E-state index >= 15 is 0 Å². The summed E-state index contributed by atoms with van der Waals surface area (Å²) in [5.74, 6) is 2.49. The number of aryl methyl sites for hydroxylation is 2. The molecule has 1 aromatic heterocycles. The monoisotopic (exact) mass is 269 g/mol. The van der Waals surface area contributed by atoms with Crippen LogP contribution in [0, 0.1) is 11.8 Å². The van der Waals surface area contributed by atoms with Crippen molar-refractivity contribution >= 4 is 0 Å². The molecule has 0 amide bonds. The molecular formula is C16H19N3O. The zero-order valence-electron chi connectivity index (χ0n) is 11.6. The number of aliphatic hydroxyl groups excluding tert-OH is 1. The van der Waals surface area contributed by atoms with Gasteiger partial charge in [-0.15, -0.1) is 0 Å². The first-order valence-electron chi connectivity index (χ1n) is 7.34. The number of nitrogens with zero attached hydrogens (tertiary/aromatic N) is 3. The first-order valence-corrected chi connectivity index (χ1v) is 7.34. The second-order valence-electron chi connectivity index (χ2n) is 6.08. The first kappa shape index (κ1) is 12.1. The zero-order chi connectivity index (χ0) is 13.7. The highest BCUT2D eigenvalue weighted by Gasteiger charge is 2.56. The summed E-state index contributed by atoms with van der Waals surface area (Å²) in [5, 5.41) is 14.6. The van der Waals surface area contributed by atoms with Crippen LogP contribution in [0.15, 0.2) is 30.6 Å². The smallest absolute Gasteiger partial charge is 0.138 e. The van der Waals surface area contributed by atoms with E-state index < -0.39 is 0 Å². The Morgan fingerprint density at radius 1 is 1.40 bits per heavy atom. The molecule has 1 saturated carbocycles. The maximum absolute atomic E-state index is 10.6. The molecule has 1 fully saturated rings. The molecule has 4 atom stereocenters. The van der Waals surface area contributed by atoms with Crippen molar-refractivity contribution < 1.29 is 5.11 Å². The van der Waals surface area contributed by atoms with Gasteiger partial charge in [0.25, 0.3) is 0 Å². The first-order chi connectivity index (χ1) is 9.75. The van der Waals surface area contributed by atoms with Gasteiger partial charge in [-0.25, -0.2) is 4.98 Å². The van der Waals surface area contributed by atoms with Gasteiger partial charge in [-0.05, 0) is 41.7 Å². The minimum absolute atomic E-state index is 0.306. The lowest BCUT2D eigenvalue weighted by atomic mass is 9.92. The molecule has 4 heteroatoms. The molecule has 4 rings (SSSR count). The van der Waals surface area contributed by atoms with Gasteiger partial charge >= 0.3 is 0 Å². The van der Waals surface area contributed by atoms with Gasteiger partial charge in [0.1, 0.15) is 12.2 Å². The molecule has 2 aliphatic rings. The molecule has 0 radical (unpaired) electrons. The van der Waals surface area contributed by atoms with Crippen molar-refractivity contribution in [3.8, 4) is 0 Å². The Bertz CT molecular complexity index is 636. The predicted molar refractivity (Wildman–Crippen MR) is 75.2 cm³/mol. The molecule has 1 N–H and O–H groups in total. The van der Waals surface area contributed by atoms with Crippen molar-refractivity contribution in [1.29, 1.82) is 0 Å². The molecule has 4 unspecified atom stereocenters. The van der Waals surface area contributed by atoms with Crippen molar-refractivity contribution in [3.63, 3.8) is 0 Å². The normalized spacial score (nSPS) is 28.6. The number of aromatic nitrogens is 3. The summed E-state index contributed by atoms with van der Waals surface area (Å²) in [7, 11) is 1.88. The molecule has 2 aliphatic carbocycles. The number of benzene rings is 1. The van der Waals surface area contributed by atoms with Crippen LogP contribution < -0.4 is 0 Å². The van der Waals surface area contributed by atoms with Crippen molar-refractivity contribution in [1.82, 2.24) is 14.8 Å². The Labute approximate surface area is 118 Å². The van der Waals surface area contributed by atoms with E-state index in [0.29, 0.717) is 24.2 Å². The van der Waals surface area contributed by atoms with E-state index in [1.807, 2.05) is 7.05 Å². The largest absolute Gasteiger partial charge is 0.392 e. The fourth-order valence-corrected chi connectivity index (χ4v) is 3.97. The maximum atomic E-state index is 10.6. The lowest BCUT2D eigenvalue weighted by Crippen LogP contribution is -2.17. The van der Waals surface area contributed by atoms with Crippen LogP contribution in [0.5, 0.6) is 0 Å². The third kappa shape index (κ3) is 1.79. The van der Waals surface area contributed by atoms with E-state index in [4.69, 9.17) is 0 Å². The predicted octanol–water partition coefficient (Wildman–Crippen LogP) is 1.69. The summed E-state index contributed by atoms with van der Waals surface area (Å²) in [4.78, 5) is 4.22. The molecule has 0 aliphatic heterocycles. The highest BCUT2D eigenvalue weighted by molar-refractivity contribution is 5.39. The fraction of sp³-hybridized carbons (Fsp3) is 0.500. The number of hydrogen-bond acceptors (Lipinski definition) is 3. The van der Waals surface area contributed by atoms with Gasteiger partial charge in [0.2, 0.25) is 0 Å². The van der Waals surface area contributed by atoms with Gasteiger partial charge in [0, 0.05) is 13.5 Å². The minimum Gasteiger partial charge on any atom is -0.392 e. The summed E-state index contributed by atoms with van der Waals surface area (Å²) in [6.07, 6.45) is 4.22. The minimum atomic E-state index is -0.306. The zero-order valence-corrected chi connectivity index (χ0v) is 11.6. The molecule has 0 spiro atoms. The molecule has 0 saturated heterocycles. The van der Waals surface area contributed by atoms with E-state index in [1.54, 1.807) is 11.0 Å². The average molecular weight is 269 g/mol. The Morgan fingerprint density at radius 2 is 2.25 bits per heavy atom. The van der Waals surface area contributed by atoms with Crippen molar-refractivity contribution in [2.24, 2.45) is 18.9 Å². The van der Waals surface area contributed by atoms with Crippen LogP contribution in [0.25, 0.3) is 0 Å². The van der Waals surface area contributed by atoms with Crippen LogP contribution in [0.3, 0.4) is 0 Å². The maximum Gasteiger partial charge on any atom is 0.138 e. The van der Waals surface area contributed by atoms with Gasteiger partial charge in [-0.2, -0.15) is 5.10 Å². The quantitative estimate of drug-likeness (QED) is 0.922. The summed E-state index contributed by atoms with van der Waals surface area (Å²) in [6.45, 7) is 0. The summed E-state index contributed by atoms with van der Waals surface area (Å²) in [5.41, 5.74) is 2.94. The number of fused-ring (bicyclic) bond motifs is 3. The average Bonchev–Trinajstić information content (AvgIpc) is 3.09. The lowest BCUT2D eigenvalue weighted by molar-refractivity contribution is 0.139. The van der Waals surface area contributed by atoms with E-state index in [-0.39, 0.29) is 6.10 Å². The summed E-state index contributed by atoms with van der Waals surface area (Å²) in [6, 6.07) is 8.70. The van der Waals surface area contributed by atoms with Crippen LogP contribution >= 0.6 is 0 Å². The molecule has 1 heterocycles. The topological polar surface area (TPSA) is 50.9 Å². The molecule has 104 valence electrons. The van der Waals surface area contributed by atoms with Gasteiger partial charge in [0.05, 0.1) is 6.10 Å². The Kier molecular flexibility index (Phi) is 2.67. The van der Waals surface area contributed by atoms with Gasteiger partial charge < -0.3 is 5.11 Å². The molecule has 4 nitrogen and oxygen atoms in total. The molecule has 0 bridgehead atoms. The molecule has 2 aromatic rings. The van der Waals surface area contributed by atoms with E-state index in [9.17, 15) is 5.11 Å². The molecule has 1 aromatic carbocycles. The van der Waals surface area contributed by atoms with E-state index in [2.05, 4.69) is 34.3 Å². The Balaban J connectivity index is 1.53. The SMILES string of the molecule is Cn1ncnc1CC(O)C1C2CCc3ccccc3C21. The van der Waals surface area contributed by atoms with Crippen LogP contribution in [-0.2, 0) is 19.9 Å². The van der Waals surface area contributed by atoms with Gasteiger partial charge in [-0.3, -0.25) is 4.68 Å². The Hall–Kier alpha value is -1.68. The van der Waals surface area contributed by atoms with Crippen molar-refractivity contribution in [3.05, 3.63) is 47.5 Å². The van der Waals surface area contributed by atoms with Gasteiger partial charge in [-0.1, -0.05) is 24.3 Å². The summed E-state index contributed by atoms with van der Waals surface area (Å²) >= 11 is 0. The van der Waals surface area contributed by atoms with E-state index in [1.165, 1.54) is 17.5 Å². The second-order valence-corrected chi connectivity index (χ2v) is 6.08. The lowest BCUT2D eigenvalue weighted by Gasteiger charge is -2.13. The van der Waals surface area contributed by atoms with Gasteiger partial charge in [0.15, 0.2) is 0 Å². The number of rotatable bonds is 3. The standard InChI is InChI=1S/C16H19N3O/c1-19-14(17-9-18-19)8-13(20)16-12-7-6-10-4-2-3-5-11(10)15(12)16/h2-5,9,12-13,15-16,20H,6-8H2,1H3. The van der Waals surface area contributed by atoms with Crippen LogP contribution in [0.4, 0.5) is 0 Å². The molecule has 20 heavy (non-hydrogen) atoms. The van der Waals surface area contributed by atoms with Crippen LogP contribution in [-0.4, -0.2) is 26.0 Å². The van der Waals surface area contributed by atoms with E-state index in [0.717, 1.165) is 12.2 Å². The fourth-order valence-electron chi connectivity index (χ4n) is 3.97. The Morgan fingerprint density at radius 3 is 3.05 bits per heavy atom. The molecular weight excluding hydrogens is 250 g/mol. The third-order valence-electron chi connectivity index (χ3n) is 5.03. The third-order valence-corrected chi connectivity index (χ3v) is 5.03. The van der Waals surface area contributed by atoms with Crippen molar-refractivity contribution in [2.45, 2.75) is 31.3 Å². The number of hydrogen-bond donors (Lipinski definition) is 1. The second kappa shape index (κ2) is 4.42. The highest BCUT2D eigenvalue weighted by Crippen LogP contribution is 2.61. The van der Waals surface area contributed by atoms with Crippen LogP contribution in [0.1, 0.15) is 29.3 Å². The highest BCUT2D eigenvalue weighted by atomic mass is 16.3. The number of aliphatic hydroxyl groups is 1. The van der Waals surface area contributed by atoms with Crippen LogP contribution in [0.2, 0.25) is 0 Å².